The summed E-state index contributed by atoms with van der Waals surface area (Å²) in [7, 11) is 1.53. The second-order valence-electron chi connectivity index (χ2n) is 2.30. The van der Waals surface area contributed by atoms with Gasteiger partial charge in [0.1, 0.15) is 11.0 Å². The van der Waals surface area contributed by atoms with Crippen LogP contribution in [-0.4, -0.2) is 40.4 Å². The van der Waals surface area contributed by atoms with Gasteiger partial charge in [0.25, 0.3) is 0 Å². The molecule has 70 valence electrons. The first kappa shape index (κ1) is 11.3. The number of carbonyl (C=O) groups is 2. The molecule has 0 spiro atoms. The van der Waals surface area contributed by atoms with Crippen LogP contribution in [0.25, 0.3) is 0 Å². The first-order valence-corrected chi connectivity index (χ1v) is 3.93. The van der Waals surface area contributed by atoms with Crippen LogP contribution in [0.2, 0.25) is 0 Å². The van der Waals surface area contributed by atoms with Crippen LogP contribution in [0, 0.1) is 0 Å². The van der Waals surface area contributed by atoms with Crippen molar-refractivity contribution in [1.82, 2.24) is 10.2 Å². The molecular formula is C5H10BrN3O3. The molecule has 0 aromatic heterocycles. The lowest BCUT2D eigenvalue weighted by Crippen LogP contribution is -2.62. The summed E-state index contributed by atoms with van der Waals surface area (Å²) in [6, 6.07) is -0.460. The molecule has 0 aromatic rings. The van der Waals surface area contributed by atoms with Crippen LogP contribution in [0.1, 0.15) is 0 Å². The van der Waals surface area contributed by atoms with Gasteiger partial charge in [-0.25, -0.2) is 4.79 Å². The van der Waals surface area contributed by atoms with Crippen LogP contribution in [0.3, 0.4) is 0 Å². The van der Waals surface area contributed by atoms with Crippen molar-refractivity contribution in [1.29, 1.82) is 0 Å². The predicted octanol–water partition coefficient (Wildman–Crippen LogP) is -1.61. The van der Waals surface area contributed by atoms with Crippen LogP contribution in [-0.2, 0) is 4.79 Å². The highest BCUT2D eigenvalue weighted by Gasteiger charge is 2.35. The van der Waals surface area contributed by atoms with Crippen molar-refractivity contribution in [2.45, 2.75) is 11.0 Å². The molecule has 7 heteroatoms. The number of nitrogens with two attached hydrogens (primary N) is 1. The molecular weight excluding hydrogens is 230 g/mol. The van der Waals surface area contributed by atoms with Gasteiger partial charge in [-0.15, -0.1) is 0 Å². The monoisotopic (exact) mass is 239 g/mol. The van der Waals surface area contributed by atoms with E-state index in [0.29, 0.717) is 0 Å². The second kappa shape index (κ2) is 3.83. The summed E-state index contributed by atoms with van der Waals surface area (Å²) in [5, 5.41) is 2.13. The molecule has 1 rings (SSSR count). The fourth-order valence-corrected chi connectivity index (χ4v) is 1.22. The molecule has 12 heavy (non-hydrogen) atoms. The van der Waals surface area contributed by atoms with Crippen molar-refractivity contribution in [3.8, 4) is 0 Å². The minimum atomic E-state index is -0.587. The first-order valence-electron chi connectivity index (χ1n) is 3.01. The first-order chi connectivity index (χ1) is 5.04. The van der Waals surface area contributed by atoms with E-state index in [-0.39, 0.29) is 11.4 Å². The topological polar surface area (TPSA) is 107 Å². The van der Waals surface area contributed by atoms with Gasteiger partial charge in [-0.3, -0.25) is 10.1 Å². The lowest BCUT2D eigenvalue weighted by Gasteiger charge is -2.32. The molecule has 1 aliphatic rings. The van der Waals surface area contributed by atoms with Gasteiger partial charge < -0.3 is 16.1 Å². The summed E-state index contributed by atoms with van der Waals surface area (Å²) >= 11 is 3.06. The summed E-state index contributed by atoms with van der Waals surface area (Å²) in [5.74, 6) is -0.388. The van der Waals surface area contributed by atoms with E-state index in [1.165, 1.54) is 11.9 Å². The summed E-state index contributed by atoms with van der Waals surface area (Å²) in [6.07, 6.45) is -0.587. The number of nitrogens with one attached hydrogen (secondary N) is 1. The van der Waals surface area contributed by atoms with E-state index in [0.717, 1.165) is 0 Å². The number of alkyl halides is 1. The zero-order valence-corrected chi connectivity index (χ0v) is 7.96. The van der Waals surface area contributed by atoms with Gasteiger partial charge in [-0.2, -0.15) is 0 Å². The maximum atomic E-state index is 10.9. The molecule has 1 aliphatic heterocycles. The van der Waals surface area contributed by atoms with Gasteiger partial charge >= 0.3 is 6.03 Å². The third kappa shape index (κ3) is 1.74. The van der Waals surface area contributed by atoms with Gasteiger partial charge in [0, 0.05) is 7.05 Å². The highest BCUT2D eigenvalue weighted by Crippen LogP contribution is 2.11. The zero-order chi connectivity index (χ0) is 8.59. The molecule has 1 fully saturated rings. The second-order valence-corrected chi connectivity index (χ2v) is 3.28. The van der Waals surface area contributed by atoms with Crippen molar-refractivity contribution < 1.29 is 15.1 Å². The van der Waals surface area contributed by atoms with Crippen LogP contribution in [0.15, 0.2) is 0 Å². The Morgan fingerprint density at radius 2 is 2.08 bits per heavy atom. The highest BCUT2D eigenvalue weighted by molar-refractivity contribution is 9.10. The van der Waals surface area contributed by atoms with Crippen LogP contribution >= 0.6 is 15.9 Å². The third-order valence-electron chi connectivity index (χ3n) is 1.55. The number of rotatable bonds is 0. The number of amides is 3. The molecule has 0 saturated carbocycles. The number of hydrogen-bond donors (Lipinski definition) is 2. The van der Waals surface area contributed by atoms with E-state index in [1.807, 2.05) is 0 Å². The van der Waals surface area contributed by atoms with E-state index < -0.39 is 17.0 Å². The molecule has 1 saturated heterocycles. The lowest BCUT2D eigenvalue weighted by atomic mass is 10.2. The van der Waals surface area contributed by atoms with E-state index >= 15 is 0 Å². The van der Waals surface area contributed by atoms with Crippen LogP contribution in [0.5, 0.6) is 0 Å². The quantitative estimate of drug-likeness (QED) is 0.497. The average molecular weight is 240 g/mol. The minimum Gasteiger partial charge on any atom is -0.412 e. The Bertz CT molecular complexity index is 190. The molecule has 2 unspecified atom stereocenters. The Morgan fingerprint density at radius 1 is 1.58 bits per heavy atom. The highest BCUT2D eigenvalue weighted by atomic mass is 79.9. The standard InChI is InChI=1S/C5H8BrN3O2.H2O/c1-9-3(7)2(6)4(10)8-5(9)11;/h2-3H,7H2,1H3,(H,8,10,11);1H2. The van der Waals surface area contributed by atoms with E-state index in [4.69, 9.17) is 5.73 Å². The zero-order valence-electron chi connectivity index (χ0n) is 6.37. The Morgan fingerprint density at radius 3 is 2.58 bits per heavy atom. The molecule has 0 bridgehead atoms. The lowest BCUT2D eigenvalue weighted by molar-refractivity contribution is -0.121. The fraction of sp³-hybridized carbons (Fsp3) is 0.600. The number of nitrogens with zero attached hydrogens (tertiary/aromatic N) is 1. The summed E-state index contributed by atoms with van der Waals surface area (Å²) in [6.45, 7) is 0. The number of hydrogen-bond acceptors (Lipinski definition) is 3. The number of carbonyl (C=O) groups excluding carboxylic acids is 2. The van der Waals surface area contributed by atoms with E-state index in [1.54, 1.807) is 0 Å². The maximum Gasteiger partial charge on any atom is 0.325 e. The average Bonchev–Trinajstić information content (AvgIpc) is 1.97. The third-order valence-corrected chi connectivity index (χ3v) is 2.51. The van der Waals surface area contributed by atoms with Gasteiger partial charge in [0.15, 0.2) is 0 Å². The normalized spacial score (nSPS) is 29.4. The van der Waals surface area contributed by atoms with Crippen molar-refractivity contribution in [2.24, 2.45) is 5.73 Å². The van der Waals surface area contributed by atoms with Crippen molar-refractivity contribution in [2.75, 3.05) is 7.05 Å². The number of halogens is 1. The maximum absolute atomic E-state index is 10.9. The summed E-state index contributed by atoms with van der Waals surface area (Å²) < 4.78 is 0. The number of urea groups is 1. The van der Waals surface area contributed by atoms with Gasteiger partial charge in [-0.05, 0) is 0 Å². The molecule has 0 aromatic carbocycles. The molecule has 1 heterocycles. The molecule has 3 amide bonds. The largest absolute Gasteiger partial charge is 0.412 e. The Labute approximate surface area is 77.5 Å². The van der Waals surface area contributed by atoms with Crippen LogP contribution < -0.4 is 11.1 Å². The van der Waals surface area contributed by atoms with Crippen molar-refractivity contribution >= 4 is 27.9 Å². The summed E-state index contributed by atoms with van der Waals surface area (Å²) in [5.41, 5.74) is 5.50. The van der Waals surface area contributed by atoms with Crippen molar-refractivity contribution in [3.63, 3.8) is 0 Å². The smallest absolute Gasteiger partial charge is 0.325 e. The van der Waals surface area contributed by atoms with Gasteiger partial charge in [0.05, 0.1) is 0 Å². The molecule has 0 aliphatic carbocycles. The Kier molecular flexibility index (Phi) is 3.62. The predicted molar refractivity (Wildman–Crippen MR) is 45.6 cm³/mol. The minimum absolute atomic E-state index is 0. The van der Waals surface area contributed by atoms with E-state index in [9.17, 15) is 9.59 Å². The van der Waals surface area contributed by atoms with Crippen molar-refractivity contribution in [3.05, 3.63) is 0 Å². The summed E-state index contributed by atoms with van der Waals surface area (Å²) in [4.78, 5) is 22.5. The van der Waals surface area contributed by atoms with Gasteiger partial charge in [0.2, 0.25) is 5.91 Å². The Hall–Kier alpha value is -0.660. The molecule has 6 nitrogen and oxygen atoms in total. The SMILES string of the molecule is CN1C(=O)NC(=O)C(Br)C1N.O. The molecule has 5 N–H and O–H groups in total. The number of imide groups is 1. The van der Waals surface area contributed by atoms with Gasteiger partial charge in [-0.1, -0.05) is 15.9 Å². The Balaban J connectivity index is 0.00000121. The van der Waals surface area contributed by atoms with Crippen LogP contribution in [0.4, 0.5) is 4.79 Å². The molecule has 0 radical (unpaired) electrons. The fourth-order valence-electron chi connectivity index (χ4n) is 0.749. The molecule has 2 atom stereocenters. The van der Waals surface area contributed by atoms with E-state index in [2.05, 4.69) is 21.2 Å².